The van der Waals surface area contributed by atoms with Crippen LogP contribution in [-0.4, -0.2) is 57.2 Å². The molecular weight excluding hydrogens is 324 g/mol. The highest BCUT2D eigenvalue weighted by molar-refractivity contribution is 5.79. The molecule has 1 atom stereocenters. The van der Waals surface area contributed by atoms with Crippen molar-refractivity contribution in [3.8, 4) is 0 Å². The number of nitrogens with one attached hydrogen (secondary N) is 2. The molecule has 1 aromatic rings. The van der Waals surface area contributed by atoms with Gasteiger partial charge >= 0.3 is 0 Å². The highest BCUT2D eigenvalue weighted by Gasteiger charge is 2.16. The minimum atomic E-state index is 0.141. The lowest BCUT2D eigenvalue weighted by molar-refractivity contribution is 0.0646. The zero-order valence-electron chi connectivity index (χ0n) is 16.7. The first kappa shape index (κ1) is 20.7. The van der Waals surface area contributed by atoms with Gasteiger partial charge < -0.3 is 20.3 Å². The van der Waals surface area contributed by atoms with Gasteiger partial charge in [0.05, 0.1) is 6.10 Å². The normalized spacial score (nSPS) is 17.9. The smallest absolute Gasteiger partial charge is 0.191 e. The number of hydrogen-bond acceptors (Lipinski definition) is 3. The van der Waals surface area contributed by atoms with E-state index in [0.29, 0.717) is 0 Å². The van der Waals surface area contributed by atoms with Crippen LogP contribution in [0, 0.1) is 5.92 Å². The lowest BCUT2D eigenvalue weighted by atomic mass is 9.97. The summed E-state index contributed by atoms with van der Waals surface area (Å²) >= 11 is 0. The maximum absolute atomic E-state index is 5.93. The summed E-state index contributed by atoms with van der Waals surface area (Å²) in [7, 11) is 2.20. The summed E-state index contributed by atoms with van der Waals surface area (Å²) in [5.74, 6) is 1.65. The quantitative estimate of drug-likeness (QED) is 0.404. The predicted octanol–water partition coefficient (Wildman–Crippen LogP) is 3.05. The van der Waals surface area contributed by atoms with E-state index in [4.69, 9.17) is 9.73 Å². The van der Waals surface area contributed by atoms with Crippen LogP contribution in [0.15, 0.2) is 35.3 Å². The molecule has 26 heavy (non-hydrogen) atoms. The number of nitrogens with zero attached hydrogens (tertiary/aromatic N) is 2. The van der Waals surface area contributed by atoms with Gasteiger partial charge in [-0.05, 0) is 64.7 Å². The SMILES string of the molecule is CCNC(=NCC1CCN(C)CC1)NCCCOC(C)c1ccccc1. The molecule has 0 aliphatic carbocycles. The number of hydrogen-bond donors (Lipinski definition) is 2. The van der Waals surface area contributed by atoms with E-state index >= 15 is 0 Å². The highest BCUT2D eigenvalue weighted by atomic mass is 16.5. The van der Waals surface area contributed by atoms with Gasteiger partial charge in [-0.15, -0.1) is 0 Å². The van der Waals surface area contributed by atoms with Crippen molar-refractivity contribution >= 4 is 5.96 Å². The largest absolute Gasteiger partial charge is 0.374 e. The Hall–Kier alpha value is -1.59. The molecule has 5 nitrogen and oxygen atoms in total. The third-order valence-electron chi connectivity index (χ3n) is 4.94. The average molecular weight is 361 g/mol. The Balaban J connectivity index is 1.63. The van der Waals surface area contributed by atoms with Gasteiger partial charge in [-0.25, -0.2) is 0 Å². The van der Waals surface area contributed by atoms with Crippen molar-refractivity contribution in [2.75, 3.05) is 46.4 Å². The fourth-order valence-corrected chi connectivity index (χ4v) is 3.17. The van der Waals surface area contributed by atoms with Crippen LogP contribution in [0.2, 0.25) is 0 Å². The zero-order chi connectivity index (χ0) is 18.6. The lowest BCUT2D eigenvalue weighted by Crippen LogP contribution is -2.39. The number of rotatable bonds is 9. The Morgan fingerprint density at radius 3 is 2.65 bits per heavy atom. The number of likely N-dealkylation sites (tertiary alicyclic amines) is 1. The second-order valence-electron chi connectivity index (χ2n) is 7.17. The summed E-state index contributed by atoms with van der Waals surface area (Å²) < 4.78 is 5.93. The Labute approximate surface area is 159 Å². The zero-order valence-corrected chi connectivity index (χ0v) is 16.7. The minimum Gasteiger partial charge on any atom is -0.374 e. The van der Waals surface area contributed by atoms with Gasteiger partial charge in [0.25, 0.3) is 0 Å². The first-order valence-corrected chi connectivity index (χ1v) is 10.1. The number of benzene rings is 1. The van der Waals surface area contributed by atoms with E-state index in [-0.39, 0.29) is 6.10 Å². The van der Waals surface area contributed by atoms with Gasteiger partial charge in [0.2, 0.25) is 0 Å². The van der Waals surface area contributed by atoms with Crippen LogP contribution in [0.25, 0.3) is 0 Å². The van der Waals surface area contributed by atoms with Gasteiger partial charge in [-0.1, -0.05) is 30.3 Å². The topological polar surface area (TPSA) is 48.9 Å². The Bertz CT molecular complexity index is 512. The summed E-state index contributed by atoms with van der Waals surface area (Å²) in [6.07, 6.45) is 3.62. The maximum Gasteiger partial charge on any atom is 0.191 e. The molecule has 2 N–H and O–H groups in total. The van der Waals surface area contributed by atoms with Gasteiger partial charge in [0.1, 0.15) is 0 Å². The summed E-state index contributed by atoms with van der Waals surface area (Å²) in [5, 5.41) is 6.78. The fourth-order valence-electron chi connectivity index (χ4n) is 3.17. The number of piperidine rings is 1. The second kappa shape index (κ2) is 11.9. The van der Waals surface area contributed by atoms with Crippen LogP contribution < -0.4 is 10.6 Å². The van der Waals surface area contributed by atoms with E-state index in [0.717, 1.165) is 44.5 Å². The van der Waals surface area contributed by atoms with Crippen LogP contribution >= 0.6 is 0 Å². The maximum atomic E-state index is 5.93. The second-order valence-corrected chi connectivity index (χ2v) is 7.17. The summed E-state index contributed by atoms with van der Waals surface area (Å²) in [6.45, 7) is 10.0. The molecule has 146 valence electrons. The number of aliphatic imine (C=N–C) groups is 1. The van der Waals surface area contributed by atoms with E-state index in [2.05, 4.69) is 60.7 Å². The predicted molar refractivity (Wildman–Crippen MR) is 110 cm³/mol. The molecule has 2 rings (SSSR count). The standard InChI is InChI=1S/C21H36N4O/c1-4-22-21(24-17-19-11-14-25(3)15-12-19)23-13-8-16-26-18(2)20-9-6-5-7-10-20/h5-7,9-10,18-19H,4,8,11-17H2,1-3H3,(H2,22,23,24). The highest BCUT2D eigenvalue weighted by Crippen LogP contribution is 2.16. The summed E-state index contributed by atoms with van der Waals surface area (Å²) in [4.78, 5) is 7.18. The molecule has 1 heterocycles. The van der Waals surface area contributed by atoms with Gasteiger partial charge in [0, 0.05) is 26.2 Å². The Morgan fingerprint density at radius 1 is 1.23 bits per heavy atom. The van der Waals surface area contributed by atoms with Crippen molar-refractivity contribution in [1.29, 1.82) is 0 Å². The summed E-state index contributed by atoms with van der Waals surface area (Å²) in [5.41, 5.74) is 1.23. The van der Waals surface area contributed by atoms with Crippen molar-refractivity contribution in [3.05, 3.63) is 35.9 Å². The summed E-state index contributed by atoms with van der Waals surface area (Å²) in [6, 6.07) is 10.4. The first-order valence-electron chi connectivity index (χ1n) is 10.1. The number of ether oxygens (including phenoxy) is 1. The molecule has 0 amide bonds. The van der Waals surface area contributed by atoms with Crippen LogP contribution in [0.5, 0.6) is 0 Å². The molecular formula is C21H36N4O. The average Bonchev–Trinajstić information content (AvgIpc) is 2.67. The molecule has 1 aliphatic rings. The molecule has 0 aromatic heterocycles. The Kier molecular flexibility index (Phi) is 9.50. The van der Waals surface area contributed by atoms with Gasteiger partial charge in [-0.3, -0.25) is 4.99 Å². The third kappa shape index (κ3) is 7.75. The number of guanidine groups is 1. The molecule has 1 saturated heterocycles. The van der Waals surface area contributed by atoms with Crippen LogP contribution in [0.4, 0.5) is 0 Å². The van der Waals surface area contributed by atoms with E-state index < -0.39 is 0 Å². The van der Waals surface area contributed by atoms with Crippen molar-refractivity contribution in [2.24, 2.45) is 10.9 Å². The van der Waals surface area contributed by atoms with Crippen LogP contribution in [0.3, 0.4) is 0 Å². The van der Waals surface area contributed by atoms with Crippen LogP contribution in [0.1, 0.15) is 44.8 Å². The van der Waals surface area contributed by atoms with Crippen molar-refractivity contribution in [1.82, 2.24) is 15.5 Å². The first-order chi connectivity index (χ1) is 12.7. The minimum absolute atomic E-state index is 0.141. The molecule has 0 bridgehead atoms. The molecule has 1 fully saturated rings. The molecule has 0 radical (unpaired) electrons. The van der Waals surface area contributed by atoms with Crippen LogP contribution in [-0.2, 0) is 4.74 Å². The molecule has 1 unspecified atom stereocenters. The lowest BCUT2D eigenvalue weighted by Gasteiger charge is -2.28. The van der Waals surface area contributed by atoms with E-state index in [1.54, 1.807) is 0 Å². The fraction of sp³-hybridized carbons (Fsp3) is 0.667. The molecule has 1 aliphatic heterocycles. The van der Waals surface area contributed by atoms with E-state index in [1.165, 1.54) is 31.5 Å². The van der Waals surface area contributed by atoms with Gasteiger partial charge in [0.15, 0.2) is 5.96 Å². The van der Waals surface area contributed by atoms with E-state index in [9.17, 15) is 0 Å². The third-order valence-corrected chi connectivity index (χ3v) is 4.94. The molecule has 0 saturated carbocycles. The van der Waals surface area contributed by atoms with Crippen molar-refractivity contribution in [3.63, 3.8) is 0 Å². The van der Waals surface area contributed by atoms with Crippen molar-refractivity contribution in [2.45, 2.75) is 39.2 Å². The molecule has 1 aromatic carbocycles. The monoisotopic (exact) mass is 360 g/mol. The van der Waals surface area contributed by atoms with Crippen molar-refractivity contribution < 1.29 is 4.74 Å². The molecule has 0 spiro atoms. The molecule has 5 heteroatoms. The Morgan fingerprint density at radius 2 is 1.96 bits per heavy atom. The van der Waals surface area contributed by atoms with E-state index in [1.807, 2.05) is 6.07 Å². The van der Waals surface area contributed by atoms with Gasteiger partial charge in [-0.2, -0.15) is 0 Å².